The summed E-state index contributed by atoms with van der Waals surface area (Å²) in [7, 11) is 0. The van der Waals surface area contributed by atoms with Crippen LogP contribution < -0.4 is 20.4 Å². The number of amides is 4. The van der Waals surface area contributed by atoms with E-state index >= 15 is 0 Å². The summed E-state index contributed by atoms with van der Waals surface area (Å²) in [4.78, 5) is 45.1. The van der Waals surface area contributed by atoms with Gasteiger partial charge in [0.1, 0.15) is 0 Å². The number of hydrogen-bond donors (Lipinski definition) is 2. The molecule has 2 N–H and O–H groups in total. The van der Waals surface area contributed by atoms with Crippen LogP contribution in [0.5, 0.6) is 0 Å². The number of thioether (sulfide) groups is 1. The van der Waals surface area contributed by atoms with E-state index in [1.165, 1.54) is 4.90 Å². The van der Waals surface area contributed by atoms with E-state index in [4.69, 9.17) is 0 Å². The lowest BCUT2D eigenvalue weighted by molar-refractivity contribution is -0.128. The summed E-state index contributed by atoms with van der Waals surface area (Å²) in [6.45, 7) is 6.72. The number of carbonyl (C=O) groups excluding carboxylic acids is 3. The van der Waals surface area contributed by atoms with Gasteiger partial charge >= 0.3 is 6.03 Å². The summed E-state index contributed by atoms with van der Waals surface area (Å²) in [5.74, 6) is -0.983. The van der Waals surface area contributed by atoms with Crippen LogP contribution in [0.4, 0.5) is 27.5 Å². The van der Waals surface area contributed by atoms with Crippen molar-refractivity contribution in [2.24, 2.45) is 5.41 Å². The number of nitrogens with zero attached hydrogens (tertiary/aromatic N) is 2. The number of nitrogens with one attached hydrogen (secondary N) is 2. The number of fused-ring (bicyclic) bond motifs is 1. The highest BCUT2D eigenvalue weighted by Gasteiger charge is 2.42. The molecule has 4 rings (SSSR count). The Bertz CT molecular complexity index is 1290. The van der Waals surface area contributed by atoms with Gasteiger partial charge in [-0.1, -0.05) is 57.2 Å². The Morgan fingerprint density at radius 3 is 2.24 bits per heavy atom. The van der Waals surface area contributed by atoms with Crippen LogP contribution in [-0.2, 0) is 9.59 Å². The summed E-state index contributed by atoms with van der Waals surface area (Å²) in [6, 6.07) is 21.9. The van der Waals surface area contributed by atoms with Gasteiger partial charge in [0.2, 0.25) is 0 Å². The minimum absolute atomic E-state index is 0.0345. The second-order valence-corrected chi connectivity index (χ2v) is 10.9. The van der Waals surface area contributed by atoms with Crippen molar-refractivity contribution >= 4 is 52.4 Å². The predicted molar refractivity (Wildman–Crippen MR) is 151 cm³/mol. The normalized spacial score (nSPS) is 15.7. The molecule has 0 spiro atoms. The smallest absolute Gasteiger partial charge is 0.318 e. The monoisotopic (exact) mass is 516 g/mol. The highest BCUT2D eigenvalue weighted by molar-refractivity contribution is 7.98. The molecule has 0 saturated carbocycles. The van der Waals surface area contributed by atoms with Crippen molar-refractivity contribution < 1.29 is 14.4 Å². The van der Waals surface area contributed by atoms with Gasteiger partial charge in [-0.15, -0.1) is 11.8 Å². The standard InChI is InChI=1S/C29H32N4O3S/c1-29(2,3)17-18-32-23-15-8-9-16-24(23)33(21-12-6-5-7-13-21)27(35)25(26(32)34)31-28(36)30-20-11-10-14-22(19-20)37-4/h5-16,19,25H,17-18H2,1-4H3,(H2,30,31,36). The molecule has 0 bridgehead atoms. The van der Waals surface area contributed by atoms with Crippen LogP contribution in [0.3, 0.4) is 0 Å². The van der Waals surface area contributed by atoms with E-state index in [0.717, 1.165) is 4.90 Å². The fraction of sp³-hybridized carbons (Fsp3) is 0.276. The predicted octanol–water partition coefficient (Wildman–Crippen LogP) is 6.05. The third-order valence-electron chi connectivity index (χ3n) is 6.10. The van der Waals surface area contributed by atoms with Crippen molar-refractivity contribution in [2.75, 3.05) is 27.9 Å². The number of carbonyl (C=O) groups is 3. The summed E-state index contributed by atoms with van der Waals surface area (Å²) in [5, 5.41) is 5.43. The van der Waals surface area contributed by atoms with Crippen LogP contribution in [0, 0.1) is 5.41 Å². The molecule has 192 valence electrons. The summed E-state index contributed by atoms with van der Waals surface area (Å²) < 4.78 is 0. The average Bonchev–Trinajstić information content (AvgIpc) is 2.96. The lowest BCUT2D eigenvalue weighted by Crippen LogP contribution is -2.56. The molecule has 1 unspecified atom stereocenters. The zero-order valence-electron chi connectivity index (χ0n) is 21.5. The number of para-hydroxylation sites is 3. The minimum Gasteiger partial charge on any atom is -0.318 e. The number of rotatable bonds is 6. The molecule has 0 fully saturated rings. The quantitative estimate of drug-likeness (QED) is 0.309. The highest BCUT2D eigenvalue weighted by Crippen LogP contribution is 2.38. The molecule has 1 aliphatic rings. The zero-order valence-corrected chi connectivity index (χ0v) is 22.3. The maximum Gasteiger partial charge on any atom is 0.320 e. The van der Waals surface area contributed by atoms with Crippen molar-refractivity contribution in [3.8, 4) is 0 Å². The number of benzene rings is 3. The zero-order chi connectivity index (χ0) is 26.6. The molecule has 0 radical (unpaired) electrons. The van der Waals surface area contributed by atoms with Crippen molar-refractivity contribution in [2.45, 2.75) is 38.1 Å². The Morgan fingerprint density at radius 1 is 0.892 bits per heavy atom. The molecule has 0 aromatic heterocycles. The van der Waals surface area contributed by atoms with E-state index in [0.29, 0.717) is 35.7 Å². The summed E-state index contributed by atoms with van der Waals surface area (Å²) in [6.07, 6.45) is 2.66. The molecule has 3 aromatic rings. The van der Waals surface area contributed by atoms with Gasteiger partial charge < -0.3 is 15.5 Å². The average molecular weight is 517 g/mol. The van der Waals surface area contributed by atoms with E-state index in [9.17, 15) is 14.4 Å². The van der Waals surface area contributed by atoms with Crippen LogP contribution in [-0.4, -0.2) is 36.7 Å². The second kappa shape index (κ2) is 11.1. The first-order valence-electron chi connectivity index (χ1n) is 12.2. The first kappa shape index (κ1) is 26.3. The first-order chi connectivity index (χ1) is 17.7. The Hall–Kier alpha value is -3.78. The molecule has 4 amide bonds. The Labute approximate surface area is 222 Å². The largest absolute Gasteiger partial charge is 0.320 e. The van der Waals surface area contributed by atoms with E-state index in [1.807, 2.05) is 79.1 Å². The molecule has 7 nitrogen and oxygen atoms in total. The van der Waals surface area contributed by atoms with Gasteiger partial charge in [0.05, 0.1) is 11.4 Å². The lowest BCUT2D eigenvalue weighted by Gasteiger charge is -2.28. The second-order valence-electron chi connectivity index (χ2n) is 10.1. The van der Waals surface area contributed by atoms with Crippen molar-refractivity contribution in [3.05, 3.63) is 78.9 Å². The molecule has 37 heavy (non-hydrogen) atoms. The van der Waals surface area contributed by atoms with E-state index in [1.54, 1.807) is 22.7 Å². The SMILES string of the molecule is CSc1cccc(NC(=O)NC2C(=O)N(CCC(C)(C)C)c3ccccc3N(c3ccccc3)C2=O)c1. The van der Waals surface area contributed by atoms with E-state index < -0.39 is 23.9 Å². The Balaban J connectivity index is 1.72. The van der Waals surface area contributed by atoms with Gasteiger partial charge in [-0.2, -0.15) is 0 Å². The number of hydrogen-bond acceptors (Lipinski definition) is 4. The minimum atomic E-state index is -1.41. The van der Waals surface area contributed by atoms with Gasteiger partial charge in [-0.05, 0) is 60.6 Å². The maximum atomic E-state index is 14.0. The van der Waals surface area contributed by atoms with Gasteiger partial charge in [-0.3, -0.25) is 14.5 Å². The summed E-state index contributed by atoms with van der Waals surface area (Å²) in [5.41, 5.74) is 2.38. The van der Waals surface area contributed by atoms with Crippen molar-refractivity contribution in [3.63, 3.8) is 0 Å². The van der Waals surface area contributed by atoms with Gasteiger partial charge in [0, 0.05) is 22.8 Å². The lowest BCUT2D eigenvalue weighted by atomic mass is 9.92. The highest BCUT2D eigenvalue weighted by atomic mass is 32.2. The van der Waals surface area contributed by atoms with Crippen LogP contribution in [0.25, 0.3) is 0 Å². The number of anilines is 4. The molecular weight excluding hydrogens is 484 g/mol. The van der Waals surface area contributed by atoms with Crippen molar-refractivity contribution in [1.29, 1.82) is 0 Å². The van der Waals surface area contributed by atoms with Crippen LogP contribution in [0.15, 0.2) is 83.8 Å². The third kappa shape index (κ3) is 6.14. The molecule has 0 saturated heterocycles. The molecule has 0 aliphatic carbocycles. The van der Waals surface area contributed by atoms with Gasteiger partial charge in [0.15, 0.2) is 6.04 Å². The summed E-state index contributed by atoms with van der Waals surface area (Å²) >= 11 is 1.55. The molecule has 1 aliphatic heterocycles. The van der Waals surface area contributed by atoms with Gasteiger partial charge in [-0.25, -0.2) is 4.79 Å². The molecule has 3 aromatic carbocycles. The maximum absolute atomic E-state index is 14.0. The topological polar surface area (TPSA) is 81.8 Å². The molecule has 8 heteroatoms. The fourth-order valence-corrected chi connectivity index (χ4v) is 4.61. The van der Waals surface area contributed by atoms with Crippen molar-refractivity contribution in [1.82, 2.24) is 5.32 Å². The Kier molecular flexibility index (Phi) is 7.88. The number of urea groups is 1. The van der Waals surface area contributed by atoms with Gasteiger partial charge in [0.25, 0.3) is 11.8 Å². The third-order valence-corrected chi connectivity index (χ3v) is 6.82. The molecule has 1 heterocycles. The molecular formula is C29H32N4O3S. The van der Waals surface area contributed by atoms with Crippen LogP contribution in [0.1, 0.15) is 27.2 Å². The molecule has 1 atom stereocenters. The Morgan fingerprint density at radius 2 is 1.57 bits per heavy atom. The van der Waals surface area contributed by atoms with E-state index in [2.05, 4.69) is 31.4 Å². The first-order valence-corrected chi connectivity index (χ1v) is 13.4. The fourth-order valence-electron chi connectivity index (χ4n) is 4.15. The van der Waals surface area contributed by atoms with E-state index in [-0.39, 0.29) is 5.41 Å². The van der Waals surface area contributed by atoms with Crippen LogP contribution >= 0.6 is 11.8 Å². The van der Waals surface area contributed by atoms with Crippen LogP contribution in [0.2, 0.25) is 0 Å².